The maximum absolute atomic E-state index is 13.2. The molecule has 0 bridgehead atoms. The first kappa shape index (κ1) is 18.8. The van der Waals surface area contributed by atoms with Gasteiger partial charge in [0.15, 0.2) is 0 Å². The Kier molecular flexibility index (Phi) is 5.33. The number of carbonyl (C=O) groups excluding carboxylic acids is 2. The molecule has 2 amide bonds. The summed E-state index contributed by atoms with van der Waals surface area (Å²) in [6, 6.07) is 21.4. The molecule has 1 N–H and O–H groups in total. The van der Waals surface area contributed by atoms with Crippen LogP contribution in [0.3, 0.4) is 0 Å². The molecule has 1 unspecified atom stereocenters. The Morgan fingerprint density at radius 1 is 1.03 bits per heavy atom. The van der Waals surface area contributed by atoms with Gasteiger partial charge in [-0.2, -0.15) is 0 Å². The lowest BCUT2D eigenvalue weighted by Gasteiger charge is -2.30. The first-order valence-electron chi connectivity index (χ1n) is 9.69. The molecule has 1 aromatic heterocycles. The lowest BCUT2D eigenvalue weighted by Crippen LogP contribution is -2.44. The second kappa shape index (κ2) is 8.22. The van der Waals surface area contributed by atoms with Gasteiger partial charge in [-0.3, -0.25) is 4.79 Å². The molecule has 1 aliphatic rings. The maximum atomic E-state index is 13.2. The molecule has 1 aliphatic heterocycles. The highest BCUT2D eigenvalue weighted by Crippen LogP contribution is 2.36. The number of hydrogen-bond acceptors (Lipinski definition) is 3. The maximum Gasteiger partial charge on any atom is 0.325 e. The molecule has 0 spiro atoms. The Hall–Kier alpha value is -3.54. The normalized spacial score (nSPS) is 15.1. The average Bonchev–Trinajstić information content (AvgIpc) is 3.17. The SMILES string of the molecule is CCOC(=O)CNC(=O)N1Cc2ccccc2-n2cccc2C1c1ccccc1. The van der Waals surface area contributed by atoms with Crippen LogP contribution in [-0.4, -0.2) is 34.6 Å². The van der Waals surface area contributed by atoms with Crippen LogP contribution in [0, 0.1) is 0 Å². The summed E-state index contributed by atoms with van der Waals surface area (Å²) in [5, 5.41) is 2.72. The van der Waals surface area contributed by atoms with Crippen molar-refractivity contribution in [2.24, 2.45) is 0 Å². The molecule has 6 heteroatoms. The molecule has 0 saturated heterocycles. The van der Waals surface area contributed by atoms with Crippen LogP contribution in [-0.2, 0) is 16.1 Å². The number of rotatable bonds is 4. The first-order valence-corrected chi connectivity index (χ1v) is 9.69. The average molecular weight is 389 g/mol. The topological polar surface area (TPSA) is 63.6 Å². The highest BCUT2D eigenvalue weighted by atomic mass is 16.5. The molecule has 148 valence electrons. The van der Waals surface area contributed by atoms with Crippen molar-refractivity contribution in [2.75, 3.05) is 13.2 Å². The van der Waals surface area contributed by atoms with Crippen molar-refractivity contribution < 1.29 is 14.3 Å². The minimum absolute atomic E-state index is 0.159. The van der Waals surface area contributed by atoms with Gasteiger partial charge in [-0.1, -0.05) is 48.5 Å². The van der Waals surface area contributed by atoms with Gasteiger partial charge in [0, 0.05) is 11.9 Å². The van der Waals surface area contributed by atoms with E-state index in [-0.39, 0.29) is 25.2 Å². The van der Waals surface area contributed by atoms with Crippen molar-refractivity contribution in [2.45, 2.75) is 19.5 Å². The van der Waals surface area contributed by atoms with Crippen LogP contribution in [0.25, 0.3) is 5.69 Å². The number of carbonyl (C=O) groups is 2. The number of nitrogens with zero attached hydrogens (tertiary/aromatic N) is 2. The number of aromatic nitrogens is 1. The standard InChI is InChI=1S/C23H23N3O3/c1-2-29-21(27)15-24-23(28)26-16-18-11-6-7-12-19(18)25-14-8-13-20(25)22(26)17-9-4-3-5-10-17/h3-14,22H,2,15-16H2,1H3,(H,24,28). The highest BCUT2D eigenvalue weighted by Gasteiger charge is 2.32. The number of benzene rings is 2. The molecular weight excluding hydrogens is 366 g/mol. The Morgan fingerprint density at radius 3 is 2.59 bits per heavy atom. The third-order valence-electron chi connectivity index (χ3n) is 5.03. The summed E-state index contributed by atoms with van der Waals surface area (Å²) in [5.41, 5.74) is 4.09. The molecule has 4 rings (SSSR count). The fourth-order valence-electron chi connectivity index (χ4n) is 3.79. The van der Waals surface area contributed by atoms with Crippen LogP contribution >= 0.6 is 0 Å². The Bertz CT molecular complexity index is 1010. The van der Waals surface area contributed by atoms with Gasteiger partial charge in [0.1, 0.15) is 6.54 Å². The van der Waals surface area contributed by atoms with Crippen LogP contribution in [0.5, 0.6) is 0 Å². The number of hydrogen-bond donors (Lipinski definition) is 1. The van der Waals surface area contributed by atoms with Gasteiger partial charge in [0.05, 0.1) is 24.9 Å². The fourth-order valence-corrected chi connectivity index (χ4v) is 3.79. The van der Waals surface area contributed by atoms with Crippen LogP contribution in [0.2, 0.25) is 0 Å². The number of para-hydroxylation sites is 1. The summed E-state index contributed by atoms with van der Waals surface area (Å²) in [4.78, 5) is 26.7. The molecule has 6 nitrogen and oxygen atoms in total. The van der Waals surface area contributed by atoms with E-state index in [9.17, 15) is 9.59 Å². The molecule has 0 aliphatic carbocycles. The van der Waals surface area contributed by atoms with E-state index in [2.05, 4.69) is 16.0 Å². The Labute approximate surface area is 169 Å². The predicted molar refractivity (Wildman–Crippen MR) is 110 cm³/mol. The summed E-state index contributed by atoms with van der Waals surface area (Å²) in [6.45, 7) is 2.29. The smallest absolute Gasteiger partial charge is 0.325 e. The largest absolute Gasteiger partial charge is 0.465 e. The second-order valence-corrected chi connectivity index (χ2v) is 6.84. The summed E-state index contributed by atoms with van der Waals surface area (Å²) < 4.78 is 7.07. The van der Waals surface area contributed by atoms with Crippen molar-refractivity contribution >= 4 is 12.0 Å². The zero-order chi connectivity index (χ0) is 20.2. The van der Waals surface area contributed by atoms with Crippen LogP contribution < -0.4 is 5.32 Å². The molecule has 29 heavy (non-hydrogen) atoms. The quantitative estimate of drug-likeness (QED) is 0.693. The van der Waals surface area contributed by atoms with E-state index in [1.807, 2.05) is 66.9 Å². The fraction of sp³-hybridized carbons (Fsp3) is 0.217. The van der Waals surface area contributed by atoms with Crippen LogP contribution in [0.1, 0.15) is 29.8 Å². The summed E-state index contributed by atoms with van der Waals surface area (Å²) in [6.07, 6.45) is 2.02. The molecule has 2 aromatic carbocycles. The van der Waals surface area contributed by atoms with Crippen molar-refractivity contribution in [1.29, 1.82) is 0 Å². The van der Waals surface area contributed by atoms with E-state index < -0.39 is 5.97 Å². The second-order valence-electron chi connectivity index (χ2n) is 6.84. The highest BCUT2D eigenvalue weighted by molar-refractivity contribution is 5.81. The zero-order valence-electron chi connectivity index (χ0n) is 16.2. The van der Waals surface area contributed by atoms with Gasteiger partial charge in [-0.15, -0.1) is 0 Å². The van der Waals surface area contributed by atoms with Crippen molar-refractivity contribution in [3.63, 3.8) is 0 Å². The third-order valence-corrected chi connectivity index (χ3v) is 5.03. The zero-order valence-corrected chi connectivity index (χ0v) is 16.2. The summed E-state index contributed by atoms with van der Waals surface area (Å²) >= 11 is 0. The van der Waals surface area contributed by atoms with E-state index in [1.54, 1.807) is 11.8 Å². The number of ether oxygens (including phenoxy) is 1. The molecule has 0 fully saturated rings. The number of urea groups is 1. The van der Waals surface area contributed by atoms with Gasteiger partial charge in [-0.05, 0) is 36.2 Å². The van der Waals surface area contributed by atoms with E-state index in [0.29, 0.717) is 6.54 Å². The monoisotopic (exact) mass is 389 g/mol. The molecule has 0 saturated carbocycles. The van der Waals surface area contributed by atoms with E-state index in [0.717, 1.165) is 22.5 Å². The number of esters is 1. The van der Waals surface area contributed by atoms with E-state index in [1.165, 1.54) is 0 Å². The third kappa shape index (κ3) is 3.74. The first-order chi connectivity index (χ1) is 14.2. The van der Waals surface area contributed by atoms with Crippen LogP contribution in [0.15, 0.2) is 72.9 Å². The predicted octanol–water partition coefficient (Wildman–Crippen LogP) is 3.66. The summed E-state index contributed by atoms with van der Waals surface area (Å²) in [7, 11) is 0. The van der Waals surface area contributed by atoms with E-state index in [4.69, 9.17) is 4.74 Å². The van der Waals surface area contributed by atoms with Crippen LogP contribution in [0.4, 0.5) is 4.79 Å². The Morgan fingerprint density at radius 2 is 1.79 bits per heavy atom. The number of nitrogens with one attached hydrogen (secondary N) is 1. The van der Waals surface area contributed by atoms with Gasteiger partial charge < -0.3 is 19.5 Å². The molecule has 0 radical (unpaired) electrons. The van der Waals surface area contributed by atoms with Gasteiger partial charge >= 0.3 is 12.0 Å². The lowest BCUT2D eigenvalue weighted by atomic mass is 10.0. The number of amides is 2. The van der Waals surface area contributed by atoms with Gasteiger partial charge in [-0.25, -0.2) is 4.79 Å². The van der Waals surface area contributed by atoms with Gasteiger partial charge in [0.2, 0.25) is 0 Å². The lowest BCUT2D eigenvalue weighted by molar-refractivity contribution is -0.141. The number of fused-ring (bicyclic) bond motifs is 3. The molecule has 3 aromatic rings. The Balaban J connectivity index is 1.75. The minimum atomic E-state index is -0.448. The van der Waals surface area contributed by atoms with Crippen molar-refractivity contribution in [3.8, 4) is 5.69 Å². The van der Waals surface area contributed by atoms with Crippen molar-refractivity contribution in [3.05, 3.63) is 89.7 Å². The van der Waals surface area contributed by atoms with Crippen molar-refractivity contribution in [1.82, 2.24) is 14.8 Å². The van der Waals surface area contributed by atoms with Gasteiger partial charge in [0.25, 0.3) is 0 Å². The molecule has 1 atom stereocenters. The van der Waals surface area contributed by atoms with E-state index >= 15 is 0 Å². The molecular formula is C23H23N3O3. The molecule has 2 heterocycles. The minimum Gasteiger partial charge on any atom is -0.465 e. The summed E-state index contributed by atoms with van der Waals surface area (Å²) in [5.74, 6) is -0.448.